The number of nitrogens with zero attached hydrogens (tertiary/aromatic N) is 6. The van der Waals surface area contributed by atoms with E-state index in [1.165, 1.54) is 0 Å². The number of aromatic nitrogens is 3. The van der Waals surface area contributed by atoms with Crippen molar-refractivity contribution >= 4 is 33.7 Å². The molecule has 0 radical (unpaired) electrons. The highest BCUT2D eigenvalue weighted by Crippen LogP contribution is 2.48. The zero-order chi connectivity index (χ0) is 31.7. The average Bonchev–Trinajstić information content (AvgIpc) is 3.67. The SMILES string of the molecule is Cc1c(N)oc2cc(F)c(F)c(-c3cc4nc(OC[C@@]56CCCN5C[C@H](F)C6)nc(N5CCN[C@@H](CC#N)C5)c4nc3C3CC3)c12. The molecule has 13 heteroatoms. The number of nitrogens with one attached hydrogen (secondary N) is 1. The zero-order valence-electron chi connectivity index (χ0n) is 25.6. The topological polar surface area (TPSA) is 129 Å². The normalized spacial score (nSPS) is 25.0. The minimum atomic E-state index is -1.04. The third-order valence-corrected chi connectivity index (χ3v) is 10.2. The lowest BCUT2D eigenvalue weighted by molar-refractivity contribution is 0.107. The van der Waals surface area contributed by atoms with E-state index < -0.39 is 23.3 Å². The van der Waals surface area contributed by atoms with Gasteiger partial charge in [-0.15, -0.1) is 0 Å². The number of pyridine rings is 1. The van der Waals surface area contributed by atoms with Crippen molar-refractivity contribution in [1.29, 1.82) is 5.26 Å². The van der Waals surface area contributed by atoms with E-state index in [9.17, 15) is 9.65 Å². The van der Waals surface area contributed by atoms with Gasteiger partial charge in [-0.1, -0.05) is 0 Å². The van der Waals surface area contributed by atoms with Crippen molar-refractivity contribution in [3.63, 3.8) is 0 Å². The molecule has 8 rings (SSSR count). The van der Waals surface area contributed by atoms with Gasteiger partial charge in [0.2, 0.25) is 0 Å². The van der Waals surface area contributed by atoms with Gasteiger partial charge in [-0.2, -0.15) is 15.2 Å². The summed E-state index contributed by atoms with van der Waals surface area (Å²) in [6.07, 6.45) is 3.37. The smallest absolute Gasteiger partial charge is 0.319 e. The molecule has 240 valence electrons. The van der Waals surface area contributed by atoms with Crippen LogP contribution in [0.5, 0.6) is 6.01 Å². The van der Waals surface area contributed by atoms with E-state index in [0.29, 0.717) is 78.1 Å². The van der Waals surface area contributed by atoms with Gasteiger partial charge < -0.3 is 25.1 Å². The second kappa shape index (κ2) is 11.0. The predicted molar refractivity (Wildman–Crippen MR) is 166 cm³/mol. The third kappa shape index (κ3) is 4.81. The number of benzene rings is 1. The quantitative estimate of drug-likeness (QED) is 0.283. The van der Waals surface area contributed by atoms with E-state index in [0.717, 1.165) is 38.3 Å². The first-order valence-electron chi connectivity index (χ1n) is 16.0. The van der Waals surface area contributed by atoms with Crippen molar-refractivity contribution < 1.29 is 22.3 Å². The summed E-state index contributed by atoms with van der Waals surface area (Å²) >= 11 is 0. The van der Waals surface area contributed by atoms with Crippen LogP contribution in [0.3, 0.4) is 0 Å². The fourth-order valence-corrected chi connectivity index (χ4v) is 7.73. The van der Waals surface area contributed by atoms with Crippen LogP contribution in [-0.4, -0.2) is 76.9 Å². The maximum atomic E-state index is 15.9. The first-order valence-corrected chi connectivity index (χ1v) is 16.0. The lowest BCUT2D eigenvalue weighted by Gasteiger charge is -2.34. The van der Waals surface area contributed by atoms with E-state index >= 15 is 8.78 Å². The zero-order valence-corrected chi connectivity index (χ0v) is 25.6. The number of piperazine rings is 1. The number of alkyl halides is 1. The Kier molecular flexibility index (Phi) is 6.99. The van der Waals surface area contributed by atoms with E-state index in [-0.39, 0.29) is 41.6 Å². The average molecular weight is 633 g/mol. The van der Waals surface area contributed by atoms with Gasteiger partial charge in [0.25, 0.3) is 0 Å². The van der Waals surface area contributed by atoms with Gasteiger partial charge in [0, 0.05) is 72.7 Å². The Morgan fingerprint density at radius 3 is 2.85 bits per heavy atom. The van der Waals surface area contributed by atoms with E-state index in [1.54, 1.807) is 13.0 Å². The van der Waals surface area contributed by atoms with Crippen molar-refractivity contribution in [3.8, 4) is 23.2 Å². The first kappa shape index (κ1) is 29.3. The fraction of sp³-hybridized carbons (Fsp3) is 0.515. The molecule has 0 unspecified atom stereocenters. The van der Waals surface area contributed by atoms with Crippen LogP contribution >= 0.6 is 0 Å². The molecule has 3 aromatic heterocycles. The van der Waals surface area contributed by atoms with Crippen molar-refractivity contribution in [1.82, 2.24) is 25.2 Å². The van der Waals surface area contributed by atoms with Gasteiger partial charge in [0.1, 0.15) is 23.9 Å². The largest absolute Gasteiger partial charge is 0.461 e. The number of furan rings is 1. The maximum Gasteiger partial charge on any atom is 0.319 e. The molecule has 4 aliphatic rings. The minimum Gasteiger partial charge on any atom is -0.461 e. The van der Waals surface area contributed by atoms with Gasteiger partial charge in [-0.05, 0) is 45.2 Å². The molecule has 3 saturated heterocycles. The van der Waals surface area contributed by atoms with Crippen molar-refractivity contribution in [3.05, 3.63) is 35.0 Å². The molecule has 4 aromatic rings. The number of fused-ring (bicyclic) bond motifs is 3. The first-order chi connectivity index (χ1) is 22.2. The maximum absolute atomic E-state index is 15.9. The van der Waals surface area contributed by atoms with Crippen LogP contribution in [0.25, 0.3) is 33.1 Å². The van der Waals surface area contributed by atoms with Crippen LogP contribution in [-0.2, 0) is 0 Å². The Hall–Kier alpha value is -4.15. The number of ether oxygens (including phenoxy) is 1. The number of aryl methyl sites for hydroxylation is 1. The number of anilines is 2. The van der Waals surface area contributed by atoms with Gasteiger partial charge in [-0.25, -0.2) is 18.2 Å². The van der Waals surface area contributed by atoms with Crippen molar-refractivity contribution in [2.75, 3.05) is 50.0 Å². The third-order valence-electron chi connectivity index (χ3n) is 10.2. The summed E-state index contributed by atoms with van der Waals surface area (Å²) in [4.78, 5) is 19.0. The van der Waals surface area contributed by atoms with Gasteiger partial charge in [0.15, 0.2) is 23.3 Å². The summed E-state index contributed by atoms with van der Waals surface area (Å²) in [6.45, 7) is 4.97. The van der Waals surface area contributed by atoms with Gasteiger partial charge >= 0.3 is 6.01 Å². The summed E-state index contributed by atoms with van der Waals surface area (Å²) in [5.74, 6) is -1.34. The highest BCUT2D eigenvalue weighted by molar-refractivity contribution is 6.01. The molecule has 0 bridgehead atoms. The summed E-state index contributed by atoms with van der Waals surface area (Å²) in [5.41, 5.74) is 8.39. The molecule has 1 saturated carbocycles. The van der Waals surface area contributed by atoms with E-state index in [4.69, 9.17) is 29.8 Å². The Morgan fingerprint density at radius 1 is 1.20 bits per heavy atom. The molecule has 3 aliphatic heterocycles. The number of hydrogen-bond donors (Lipinski definition) is 2. The molecular formula is C33H35F3N8O2. The molecule has 1 aliphatic carbocycles. The molecule has 3 atom stereocenters. The number of nitrogen functional groups attached to an aromatic ring is 1. The number of nitriles is 1. The molecule has 10 nitrogen and oxygen atoms in total. The number of halogens is 3. The van der Waals surface area contributed by atoms with Crippen LogP contribution in [0, 0.1) is 29.9 Å². The van der Waals surface area contributed by atoms with E-state index in [2.05, 4.69) is 21.2 Å². The van der Waals surface area contributed by atoms with E-state index in [1.807, 2.05) is 0 Å². The molecule has 3 N–H and O–H groups in total. The lowest BCUT2D eigenvalue weighted by Crippen LogP contribution is -2.51. The molecule has 0 amide bonds. The fourth-order valence-electron chi connectivity index (χ4n) is 7.73. The Balaban J connectivity index is 1.30. The summed E-state index contributed by atoms with van der Waals surface area (Å²) < 4.78 is 57.3. The predicted octanol–water partition coefficient (Wildman–Crippen LogP) is 5.13. The Morgan fingerprint density at radius 2 is 2.04 bits per heavy atom. The van der Waals surface area contributed by atoms with Gasteiger partial charge in [-0.3, -0.25) is 4.90 Å². The lowest BCUT2D eigenvalue weighted by atomic mass is 9.95. The summed E-state index contributed by atoms with van der Waals surface area (Å²) in [7, 11) is 0. The molecule has 4 fully saturated rings. The molecule has 6 heterocycles. The summed E-state index contributed by atoms with van der Waals surface area (Å²) in [6, 6.07) is 5.06. The van der Waals surface area contributed by atoms with Crippen LogP contribution in [0.4, 0.5) is 24.9 Å². The highest BCUT2D eigenvalue weighted by atomic mass is 19.2. The Bertz CT molecular complexity index is 1910. The van der Waals surface area contributed by atoms with Crippen LogP contribution in [0.15, 0.2) is 16.5 Å². The molecule has 46 heavy (non-hydrogen) atoms. The second-order valence-electron chi connectivity index (χ2n) is 13.2. The highest BCUT2D eigenvalue weighted by Gasteiger charge is 2.49. The Labute approximate surface area is 263 Å². The summed E-state index contributed by atoms with van der Waals surface area (Å²) in [5, 5.41) is 13.2. The minimum absolute atomic E-state index is 0.0450. The van der Waals surface area contributed by atoms with Gasteiger partial charge in [0.05, 0.1) is 29.2 Å². The molecular weight excluding hydrogens is 597 g/mol. The molecule has 0 spiro atoms. The monoisotopic (exact) mass is 632 g/mol. The van der Waals surface area contributed by atoms with Crippen molar-refractivity contribution in [2.24, 2.45) is 0 Å². The number of hydrogen-bond acceptors (Lipinski definition) is 10. The molecule has 1 aromatic carbocycles. The van der Waals surface area contributed by atoms with Crippen LogP contribution < -0.4 is 20.7 Å². The number of rotatable bonds is 7. The standard InChI is InChI=1S/C33H35F3N8O2/c1-17-25-24(46-30(17)38)12-22(35)27(36)26(25)21-11-23-29(41-28(21)18-3-4-18)31(43-10-8-39-20(15-43)5-7-37)42-32(40-23)45-16-33-6-2-9-44(33)14-19(34)13-33/h11-12,18-20,39H,2-6,8-10,13-16,38H2,1H3/t19-,20+,33+/m1/s1. The van der Waals surface area contributed by atoms with Crippen LogP contribution in [0.1, 0.15) is 55.7 Å². The second-order valence-corrected chi connectivity index (χ2v) is 13.2. The number of nitrogens with two attached hydrogens (primary N) is 1. The van der Waals surface area contributed by atoms with Crippen molar-refractivity contribution in [2.45, 2.75) is 69.1 Å². The van der Waals surface area contributed by atoms with Crippen LogP contribution in [0.2, 0.25) is 0 Å².